The van der Waals surface area contributed by atoms with Crippen LogP contribution < -0.4 is 24.8 Å². The van der Waals surface area contributed by atoms with E-state index in [2.05, 4.69) is 142 Å². The first-order valence-corrected chi connectivity index (χ1v) is 15.4. The Kier molecular flexibility index (Phi) is 13.1. The number of hydrogen-bond acceptors (Lipinski definition) is 0. The molecule has 0 aliphatic heterocycles. The first-order valence-electron chi connectivity index (χ1n) is 15.4. The van der Waals surface area contributed by atoms with Crippen molar-refractivity contribution in [2.24, 2.45) is 0 Å². The molecular formula is C42H46Cl2Zr. The van der Waals surface area contributed by atoms with E-state index in [-0.39, 0.29) is 61.8 Å². The summed E-state index contributed by atoms with van der Waals surface area (Å²) in [4.78, 5) is 0. The van der Waals surface area contributed by atoms with Gasteiger partial charge in [-0.2, -0.15) is 6.08 Å². The van der Waals surface area contributed by atoms with Crippen LogP contribution in [0.2, 0.25) is 0 Å². The Balaban J connectivity index is 0.000000805. The van der Waals surface area contributed by atoms with Crippen LogP contribution in [-0.2, 0) is 43.5 Å². The molecule has 0 bridgehead atoms. The Bertz CT molecular complexity index is 1560. The Hall–Kier alpha value is -2.18. The number of hydrogen-bond donors (Lipinski definition) is 0. The van der Waals surface area contributed by atoms with E-state index in [0.717, 1.165) is 12.8 Å². The molecule has 45 heavy (non-hydrogen) atoms. The summed E-state index contributed by atoms with van der Waals surface area (Å²) >= 11 is 0. The summed E-state index contributed by atoms with van der Waals surface area (Å²) in [6.07, 6.45) is 10.9. The number of rotatable bonds is 2. The molecule has 3 heteroatoms. The van der Waals surface area contributed by atoms with Crippen LogP contribution in [0, 0.1) is 39.8 Å². The molecule has 2 aliphatic rings. The zero-order valence-electron chi connectivity index (χ0n) is 28.6. The van der Waals surface area contributed by atoms with E-state index in [0.29, 0.717) is 0 Å². The number of halogens is 2. The zero-order valence-corrected chi connectivity index (χ0v) is 32.6. The first kappa shape index (κ1) is 39.0. The molecule has 0 heterocycles. The minimum absolute atomic E-state index is 0. The van der Waals surface area contributed by atoms with Crippen molar-refractivity contribution in [3.05, 3.63) is 129 Å². The fourth-order valence-electron chi connectivity index (χ4n) is 6.47. The van der Waals surface area contributed by atoms with Gasteiger partial charge in [-0.1, -0.05) is 129 Å². The van der Waals surface area contributed by atoms with E-state index in [1.807, 2.05) is 12.2 Å². The minimum atomic E-state index is 0. The third-order valence-corrected chi connectivity index (χ3v) is 8.30. The molecule has 0 saturated heterocycles. The summed E-state index contributed by atoms with van der Waals surface area (Å²) < 4.78 is 0. The van der Waals surface area contributed by atoms with Crippen molar-refractivity contribution in [3.8, 4) is 33.4 Å². The van der Waals surface area contributed by atoms with Crippen molar-refractivity contribution in [1.82, 2.24) is 0 Å². The quantitative estimate of drug-likeness (QED) is 0.212. The van der Waals surface area contributed by atoms with E-state index in [1.165, 1.54) is 77.9 Å². The standard InChI is InChI=1S/C37H41.C5H5.2ClH.Zr/c1-22-11-23(2)14-26(13-22)32-18-28-17-29-19-33(27-15-24(3)12-25(4)16-27)35(37(8,9)10)21-31(29)30(28)20-34(32)36(5,6)7;1-2-4-5-3-1;;;/h11-16,18,20-21H,17H2,1-10H3;1-3H,4H2;2*1H;/q2*-1;;;+4/p-2. The van der Waals surface area contributed by atoms with Gasteiger partial charge in [-0.3, -0.25) is 6.08 Å². The van der Waals surface area contributed by atoms with Crippen molar-refractivity contribution in [1.29, 1.82) is 0 Å². The van der Waals surface area contributed by atoms with Gasteiger partial charge in [0, 0.05) is 0 Å². The number of aryl methyl sites for hydroxylation is 4. The smallest absolute Gasteiger partial charge is 1.00 e. The molecule has 4 aromatic carbocycles. The summed E-state index contributed by atoms with van der Waals surface area (Å²) in [5.41, 5.74) is 18.9. The van der Waals surface area contributed by atoms with Crippen molar-refractivity contribution < 1.29 is 51.0 Å². The van der Waals surface area contributed by atoms with Crippen molar-refractivity contribution in [2.75, 3.05) is 0 Å². The second-order valence-corrected chi connectivity index (χ2v) is 14.4. The average molecular weight is 713 g/mol. The number of fused-ring (bicyclic) bond motifs is 3. The van der Waals surface area contributed by atoms with E-state index >= 15 is 0 Å². The molecule has 0 spiro atoms. The SMILES string of the molecule is Cc1cc(C)cc(-c2[c-]c3c(cc2C(C)(C)C)-c2cc(C(C)(C)C)c(-c4cc(C)cc(C)c4)cc2C3)c1.[C-]1=CC=CC1.[Cl-].[Cl-].[Zr+4]. The molecule has 0 unspecified atom stereocenters. The monoisotopic (exact) mass is 710 g/mol. The van der Waals surface area contributed by atoms with Crippen LogP contribution in [0.25, 0.3) is 33.4 Å². The van der Waals surface area contributed by atoms with Crippen molar-refractivity contribution in [2.45, 2.75) is 92.9 Å². The van der Waals surface area contributed by atoms with Crippen molar-refractivity contribution >= 4 is 0 Å². The molecule has 0 amide bonds. The molecule has 232 valence electrons. The van der Waals surface area contributed by atoms with E-state index in [1.54, 1.807) is 0 Å². The van der Waals surface area contributed by atoms with Crippen molar-refractivity contribution in [3.63, 3.8) is 0 Å². The Labute approximate surface area is 304 Å². The predicted octanol–water partition coefficient (Wildman–Crippen LogP) is 5.53. The molecule has 0 N–H and O–H groups in total. The summed E-state index contributed by atoms with van der Waals surface area (Å²) in [6, 6.07) is 25.2. The van der Waals surface area contributed by atoms with Gasteiger partial charge in [0.2, 0.25) is 0 Å². The fraction of sp³-hybridized carbons (Fsp3) is 0.333. The van der Waals surface area contributed by atoms with Crippen LogP contribution in [0.5, 0.6) is 0 Å². The van der Waals surface area contributed by atoms with Crippen LogP contribution in [0.3, 0.4) is 0 Å². The molecule has 6 rings (SSSR count). The maximum absolute atomic E-state index is 3.95. The van der Waals surface area contributed by atoms with E-state index in [9.17, 15) is 0 Å². The summed E-state index contributed by atoms with van der Waals surface area (Å²) in [6.45, 7) is 22.8. The van der Waals surface area contributed by atoms with Crippen LogP contribution >= 0.6 is 0 Å². The van der Waals surface area contributed by atoms with Crippen LogP contribution in [0.4, 0.5) is 0 Å². The maximum Gasteiger partial charge on any atom is 4.00 e. The van der Waals surface area contributed by atoms with E-state index < -0.39 is 0 Å². The molecule has 4 aromatic rings. The average Bonchev–Trinajstić information content (AvgIpc) is 3.56. The molecule has 2 aliphatic carbocycles. The van der Waals surface area contributed by atoms with E-state index in [4.69, 9.17) is 0 Å². The summed E-state index contributed by atoms with van der Waals surface area (Å²) in [5, 5.41) is 0. The zero-order chi connectivity index (χ0) is 30.4. The Morgan fingerprint density at radius 2 is 1.09 bits per heavy atom. The molecule has 0 nitrogen and oxygen atoms in total. The Morgan fingerprint density at radius 1 is 0.578 bits per heavy atom. The molecular weight excluding hydrogens is 667 g/mol. The summed E-state index contributed by atoms with van der Waals surface area (Å²) in [5.74, 6) is 0. The van der Waals surface area contributed by atoms with Gasteiger partial charge in [0.1, 0.15) is 0 Å². The molecule has 0 fully saturated rings. The molecule has 0 atom stereocenters. The molecule has 0 saturated carbocycles. The van der Waals surface area contributed by atoms with Gasteiger partial charge in [0.05, 0.1) is 0 Å². The normalized spacial score (nSPS) is 12.7. The van der Waals surface area contributed by atoms with Gasteiger partial charge >= 0.3 is 26.2 Å². The molecule has 0 radical (unpaired) electrons. The van der Waals surface area contributed by atoms with Gasteiger partial charge in [0.15, 0.2) is 0 Å². The Morgan fingerprint density at radius 3 is 1.53 bits per heavy atom. The minimum Gasteiger partial charge on any atom is -1.00 e. The van der Waals surface area contributed by atoms with Crippen LogP contribution in [-0.4, -0.2) is 0 Å². The molecule has 0 aromatic heterocycles. The first-order chi connectivity index (χ1) is 19.7. The van der Waals surface area contributed by atoms with Gasteiger partial charge in [0.25, 0.3) is 0 Å². The van der Waals surface area contributed by atoms with Gasteiger partial charge in [-0.25, -0.2) is 12.2 Å². The fourth-order valence-corrected chi connectivity index (χ4v) is 6.47. The topological polar surface area (TPSA) is 0 Å². The van der Waals surface area contributed by atoms with Crippen LogP contribution in [0.1, 0.15) is 92.5 Å². The number of benzene rings is 4. The maximum atomic E-state index is 3.95. The third kappa shape index (κ3) is 8.80. The largest absolute Gasteiger partial charge is 4.00 e. The number of allylic oxidation sites excluding steroid dienone is 4. The second-order valence-electron chi connectivity index (χ2n) is 14.4. The third-order valence-electron chi connectivity index (χ3n) is 8.30. The van der Waals surface area contributed by atoms with Gasteiger partial charge in [-0.15, -0.1) is 35.2 Å². The summed E-state index contributed by atoms with van der Waals surface area (Å²) in [7, 11) is 0. The van der Waals surface area contributed by atoms with Gasteiger partial charge < -0.3 is 24.8 Å². The second kappa shape index (κ2) is 15.2. The predicted molar refractivity (Wildman–Crippen MR) is 182 cm³/mol. The van der Waals surface area contributed by atoms with Gasteiger partial charge in [-0.05, 0) is 67.2 Å². The van der Waals surface area contributed by atoms with Crippen LogP contribution in [0.15, 0.2) is 72.8 Å².